The Morgan fingerprint density at radius 3 is 2.80 bits per heavy atom. The highest BCUT2D eigenvalue weighted by Crippen LogP contribution is 2.45. The van der Waals surface area contributed by atoms with E-state index in [0.717, 1.165) is 31.1 Å². The van der Waals surface area contributed by atoms with Gasteiger partial charge < -0.3 is 16.0 Å². The van der Waals surface area contributed by atoms with Crippen LogP contribution in [0.1, 0.15) is 54.0 Å². The van der Waals surface area contributed by atoms with E-state index in [0.29, 0.717) is 22.7 Å². The Labute approximate surface area is 179 Å². The van der Waals surface area contributed by atoms with E-state index < -0.39 is 17.5 Å². The summed E-state index contributed by atoms with van der Waals surface area (Å²) >= 11 is 2.01. The molecule has 4 atom stereocenters. The predicted octanol–water partition coefficient (Wildman–Crippen LogP) is 5.54. The van der Waals surface area contributed by atoms with Crippen LogP contribution in [-0.2, 0) is 6.42 Å². The van der Waals surface area contributed by atoms with Crippen LogP contribution in [0.4, 0.5) is 24.5 Å². The van der Waals surface area contributed by atoms with Crippen LogP contribution in [0, 0.1) is 17.5 Å². The summed E-state index contributed by atoms with van der Waals surface area (Å²) in [5.74, 6) is -3.74. The minimum atomic E-state index is -1.41. The van der Waals surface area contributed by atoms with E-state index in [-0.39, 0.29) is 17.6 Å². The zero-order valence-corrected chi connectivity index (χ0v) is 17.7. The molecule has 2 aromatic rings. The Kier molecular flexibility index (Phi) is 5.35. The second-order valence-electron chi connectivity index (χ2n) is 8.41. The van der Waals surface area contributed by atoms with Crippen LogP contribution in [0.3, 0.4) is 0 Å². The van der Waals surface area contributed by atoms with Crippen molar-refractivity contribution in [3.05, 3.63) is 58.4 Å². The molecule has 7 heteroatoms. The zero-order valence-electron chi connectivity index (χ0n) is 16.9. The minimum Gasteiger partial charge on any atom is -0.382 e. The lowest BCUT2D eigenvalue weighted by Gasteiger charge is -2.33. The molecular formula is C23H26F3N3S. The first-order chi connectivity index (χ1) is 14.6. The summed E-state index contributed by atoms with van der Waals surface area (Å²) < 4.78 is 41.6. The number of hydrogen-bond acceptors (Lipinski definition) is 4. The van der Waals surface area contributed by atoms with Gasteiger partial charge in [0.15, 0.2) is 17.5 Å². The Bertz CT molecular complexity index is 967. The SMILES string of the molecule is CCCC1NCC(c2cccc3c2CCC(C2CNc4c2cc(F)c(F)c4F)N3)S1. The molecular weight excluding hydrogens is 407 g/mol. The summed E-state index contributed by atoms with van der Waals surface area (Å²) in [6.45, 7) is 3.67. The van der Waals surface area contributed by atoms with Crippen molar-refractivity contribution in [3.63, 3.8) is 0 Å². The van der Waals surface area contributed by atoms with Gasteiger partial charge in [0.25, 0.3) is 0 Å². The first kappa shape index (κ1) is 20.1. The van der Waals surface area contributed by atoms with Gasteiger partial charge in [-0.3, -0.25) is 0 Å². The highest BCUT2D eigenvalue weighted by atomic mass is 32.2. The normalized spacial score (nSPS) is 27.3. The molecule has 0 amide bonds. The van der Waals surface area contributed by atoms with Crippen molar-refractivity contribution in [2.45, 2.75) is 55.2 Å². The van der Waals surface area contributed by atoms with E-state index in [1.165, 1.54) is 24.0 Å². The molecule has 160 valence electrons. The molecule has 2 aromatic carbocycles. The van der Waals surface area contributed by atoms with Crippen molar-refractivity contribution < 1.29 is 13.2 Å². The third kappa shape index (κ3) is 3.36. The molecule has 0 aromatic heterocycles. The number of halogens is 3. The van der Waals surface area contributed by atoms with Gasteiger partial charge in [0.05, 0.1) is 11.1 Å². The van der Waals surface area contributed by atoms with Crippen LogP contribution in [0.2, 0.25) is 0 Å². The second kappa shape index (κ2) is 8.00. The van der Waals surface area contributed by atoms with Gasteiger partial charge in [-0.05, 0) is 48.1 Å². The van der Waals surface area contributed by atoms with Crippen molar-refractivity contribution in [3.8, 4) is 0 Å². The second-order valence-corrected chi connectivity index (χ2v) is 9.82. The van der Waals surface area contributed by atoms with E-state index in [1.54, 1.807) is 0 Å². The molecule has 3 aliphatic rings. The zero-order chi connectivity index (χ0) is 20.8. The minimum absolute atomic E-state index is 0.0490. The topological polar surface area (TPSA) is 36.1 Å². The van der Waals surface area contributed by atoms with Crippen molar-refractivity contribution in [1.82, 2.24) is 5.32 Å². The number of rotatable bonds is 4. The highest BCUT2D eigenvalue weighted by Gasteiger charge is 2.36. The molecule has 0 saturated carbocycles. The fourth-order valence-corrected chi connectivity index (χ4v) is 6.63. The average Bonchev–Trinajstić information content (AvgIpc) is 3.39. The van der Waals surface area contributed by atoms with E-state index in [4.69, 9.17) is 0 Å². The molecule has 1 saturated heterocycles. The van der Waals surface area contributed by atoms with E-state index in [1.807, 2.05) is 11.8 Å². The van der Waals surface area contributed by atoms with Crippen LogP contribution in [-0.4, -0.2) is 24.5 Å². The number of nitrogens with one attached hydrogen (secondary N) is 3. The molecule has 0 spiro atoms. The lowest BCUT2D eigenvalue weighted by atomic mass is 9.84. The lowest BCUT2D eigenvalue weighted by Crippen LogP contribution is -2.33. The number of thioether (sulfide) groups is 1. The van der Waals surface area contributed by atoms with E-state index >= 15 is 0 Å². The van der Waals surface area contributed by atoms with Crippen molar-refractivity contribution in [2.24, 2.45) is 0 Å². The molecule has 3 N–H and O–H groups in total. The largest absolute Gasteiger partial charge is 0.382 e. The van der Waals surface area contributed by atoms with Gasteiger partial charge in [-0.1, -0.05) is 25.5 Å². The number of anilines is 2. The number of hydrogen-bond donors (Lipinski definition) is 3. The molecule has 5 rings (SSSR count). The van der Waals surface area contributed by atoms with Crippen LogP contribution >= 0.6 is 11.8 Å². The molecule has 0 aliphatic carbocycles. The van der Waals surface area contributed by atoms with Crippen molar-refractivity contribution >= 4 is 23.1 Å². The fourth-order valence-electron chi connectivity index (χ4n) is 5.11. The van der Waals surface area contributed by atoms with Crippen molar-refractivity contribution in [2.75, 3.05) is 23.7 Å². The standard InChI is InChI=1S/C23H26F3N3S/c1-2-4-20-27-11-19(30-20)13-5-3-6-17-12(13)7-8-18(29-17)15-10-28-23-14(15)9-16(24)21(25)22(23)26/h3,5-6,9,15,18-20,27-29H,2,4,7-8,10-11H2,1H3. The summed E-state index contributed by atoms with van der Waals surface area (Å²) in [4.78, 5) is 0. The van der Waals surface area contributed by atoms with Crippen LogP contribution < -0.4 is 16.0 Å². The Hall–Kier alpha value is -1.86. The van der Waals surface area contributed by atoms with E-state index in [9.17, 15) is 13.2 Å². The first-order valence-corrected chi connectivity index (χ1v) is 11.7. The van der Waals surface area contributed by atoms with Gasteiger partial charge in [-0.15, -0.1) is 11.8 Å². The third-order valence-electron chi connectivity index (χ3n) is 6.59. The molecule has 30 heavy (non-hydrogen) atoms. The van der Waals surface area contributed by atoms with Gasteiger partial charge in [-0.25, -0.2) is 13.2 Å². The van der Waals surface area contributed by atoms with Crippen LogP contribution in [0.15, 0.2) is 24.3 Å². The Morgan fingerprint density at radius 1 is 1.10 bits per heavy atom. The third-order valence-corrected chi connectivity index (χ3v) is 8.07. The summed E-state index contributed by atoms with van der Waals surface area (Å²) in [5, 5.41) is 11.2. The summed E-state index contributed by atoms with van der Waals surface area (Å²) in [6.07, 6.45) is 4.16. The summed E-state index contributed by atoms with van der Waals surface area (Å²) in [5.41, 5.74) is 4.49. The maximum atomic E-state index is 14.1. The summed E-state index contributed by atoms with van der Waals surface area (Å²) in [7, 11) is 0. The van der Waals surface area contributed by atoms with Gasteiger partial charge in [0.1, 0.15) is 0 Å². The van der Waals surface area contributed by atoms with Crippen LogP contribution in [0.5, 0.6) is 0 Å². The quantitative estimate of drug-likeness (QED) is 0.553. The van der Waals surface area contributed by atoms with E-state index in [2.05, 4.69) is 41.1 Å². The molecule has 4 unspecified atom stereocenters. The summed E-state index contributed by atoms with van der Waals surface area (Å²) in [6, 6.07) is 7.62. The van der Waals surface area contributed by atoms with Gasteiger partial charge in [0.2, 0.25) is 0 Å². The Balaban J connectivity index is 1.38. The fraction of sp³-hybridized carbons (Fsp3) is 0.478. The van der Waals surface area contributed by atoms with Crippen LogP contribution in [0.25, 0.3) is 0 Å². The molecule has 3 nitrogen and oxygen atoms in total. The smallest absolute Gasteiger partial charge is 0.196 e. The molecule has 0 bridgehead atoms. The lowest BCUT2D eigenvalue weighted by molar-refractivity contribution is 0.447. The predicted molar refractivity (Wildman–Crippen MR) is 117 cm³/mol. The average molecular weight is 434 g/mol. The molecule has 0 radical (unpaired) electrons. The Morgan fingerprint density at radius 2 is 1.97 bits per heavy atom. The highest BCUT2D eigenvalue weighted by molar-refractivity contribution is 8.00. The van der Waals surface area contributed by atoms with Gasteiger partial charge >= 0.3 is 0 Å². The molecule has 1 fully saturated rings. The van der Waals surface area contributed by atoms with Gasteiger partial charge in [-0.2, -0.15) is 0 Å². The number of benzene rings is 2. The molecule has 3 heterocycles. The van der Waals surface area contributed by atoms with Gasteiger partial charge in [0, 0.05) is 36.0 Å². The monoisotopic (exact) mass is 433 g/mol. The molecule has 3 aliphatic heterocycles. The maximum Gasteiger partial charge on any atom is 0.196 e. The maximum absolute atomic E-state index is 14.1. The van der Waals surface area contributed by atoms with Crippen molar-refractivity contribution in [1.29, 1.82) is 0 Å². The first-order valence-electron chi connectivity index (χ1n) is 10.7. The number of fused-ring (bicyclic) bond motifs is 2.